The molecule has 9 heteroatoms. The van der Waals surface area contributed by atoms with Gasteiger partial charge in [-0.1, -0.05) is 78.2 Å². The minimum Gasteiger partial charge on any atom is -0.465 e. The van der Waals surface area contributed by atoms with Gasteiger partial charge in [-0.2, -0.15) is 0 Å². The van der Waals surface area contributed by atoms with Crippen molar-refractivity contribution in [3.63, 3.8) is 0 Å². The number of amides is 2. The van der Waals surface area contributed by atoms with Crippen LogP contribution in [0.1, 0.15) is 50.6 Å². The van der Waals surface area contributed by atoms with Gasteiger partial charge in [0, 0.05) is 23.2 Å². The number of rotatable bonds is 14. The zero-order chi connectivity index (χ0) is 28.2. The van der Waals surface area contributed by atoms with E-state index in [9.17, 15) is 19.5 Å². The number of carbonyl (C=O) groups excluding carboxylic acids is 3. The van der Waals surface area contributed by atoms with Gasteiger partial charge in [-0.3, -0.25) is 14.4 Å². The van der Waals surface area contributed by atoms with E-state index in [1.54, 1.807) is 33.7 Å². The third kappa shape index (κ3) is 5.46. The van der Waals surface area contributed by atoms with Gasteiger partial charge in [-0.25, -0.2) is 0 Å². The molecule has 0 saturated carbocycles. The number of benzene rings is 1. The molecule has 39 heavy (non-hydrogen) atoms. The van der Waals surface area contributed by atoms with Gasteiger partial charge in [0.2, 0.25) is 11.8 Å². The van der Waals surface area contributed by atoms with Crippen LogP contribution < -0.4 is 0 Å². The van der Waals surface area contributed by atoms with Crippen molar-refractivity contribution >= 4 is 45.5 Å². The molecule has 3 fully saturated rings. The van der Waals surface area contributed by atoms with Crippen molar-refractivity contribution in [1.29, 1.82) is 0 Å². The number of thioether (sulfide) groups is 1. The van der Waals surface area contributed by atoms with Gasteiger partial charge in [-0.05, 0) is 24.8 Å². The normalized spacial score (nSPS) is 29.7. The molecule has 2 bridgehead atoms. The Labute approximate surface area is 244 Å². The number of likely N-dealkylation sites (tertiary alicyclic amines) is 1. The summed E-state index contributed by atoms with van der Waals surface area (Å²) < 4.78 is 4.80. The molecular formula is C30H39BrN2O5S. The summed E-state index contributed by atoms with van der Waals surface area (Å²) in [6.45, 7) is 10.5. The number of hydrogen-bond acceptors (Lipinski definition) is 6. The number of ether oxygens (including phenoxy) is 1. The summed E-state index contributed by atoms with van der Waals surface area (Å²) in [5.74, 6) is -2.19. The van der Waals surface area contributed by atoms with Gasteiger partial charge in [0.05, 0.1) is 35.8 Å². The average molecular weight is 620 g/mol. The lowest BCUT2D eigenvalue weighted by Gasteiger charge is -2.40. The number of alkyl halides is 1. The van der Waals surface area contributed by atoms with E-state index in [0.29, 0.717) is 25.9 Å². The Morgan fingerprint density at radius 1 is 1.28 bits per heavy atom. The van der Waals surface area contributed by atoms with Gasteiger partial charge in [0.25, 0.3) is 0 Å². The molecule has 1 N–H and O–H groups in total. The smallest absolute Gasteiger partial charge is 0.310 e. The quantitative estimate of drug-likeness (QED) is 0.143. The van der Waals surface area contributed by atoms with Crippen LogP contribution in [0.15, 0.2) is 55.6 Å². The van der Waals surface area contributed by atoms with Crippen LogP contribution in [0.2, 0.25) is 0 Å². The molecule has 3 unspecified atom stereocenters. The van der Waals surface area contributed by atoms with Crippen molar-refractivity contribution in [3.8, 4) is 0 Å². The number of aliphatic hydroxyl groups is 1. The molecule has 3 aliphatic heterocycles. The first-order chi connectivity index (χ1) is 18.9. The van der Waals surface area contributed by atoms with E-state index >= 15 is 0 Å². The van der Waals surface area contributed by atoms with Gasteiger partial charge < -0.3 is 19.6 Å². The Balaban J connectivity index is 1.79. The number of carbonyl (C=O) groups is 3. The number of hydrogen-bond donors (Lipinski definition) is 1. The highest BCUT2D eigenvalue weighted by atomic mass is 79.9. The predicted molar refractivity (Wildman–Crippen MR) is 157 cm³/mol. The Kier molecular flexibility index (Phi) is 9.99. The lowest BCUT2D eigenvalue weighted by Crippen LogP contribution is -2.56. The summed E-state index contributed by atoms with van der Waals surface area (Å²) in [7, 11) is 0. The third-order valence-corrected chi connectivity index (χ3v) is 11.4. The van der Waals surface area contributed by atoms with Crippen molar-refractivity contribution in [2.45, 2.75) is 65.9 Å². The number of halogens is 1. The third-order valence-electron chi connectivity index (χ3n) is 8.19. The first kappa shape index (κ1) is 29.9. The highest BCUT2D eigenvalue weighted by molar-refractivity contribution is 9.09. The van der Waals surface area contributed by atoms with Crippen LogP contribution >= 0.6 is 27.7 Å². The van der Waals surface area contributed by atoms with Crippen molar-refractivity contribution in [1.82, 2.24) is 9.80 Å². The SMILES string of the molecule is C=CCCOC(=O)[C@H]1[C@@H]2SC3(CC2Br)C(C(=O)N(CC=C)CCCCC)N([C@H](CO)c2ccccc2)C(=O)[C@H]13. The largest absolute Gasteiger partial charge is 0.465 e. The Bertz CT molecular complexity index is 1070. The molecule has 2 amide bonds. The molecule has 0 aromatic heterocycles. The molecule has 3 saturated heterocycles. The zero-order valence-electron chi connectivity index (χ0n) is 22.5. The molecule has 1 aromatic carbocycles. The number of unbranched alkanes of at least 4 members (excludes halogenated alkanes) is 2. The second kappa shape index (κ2) is 13.0. The number of esters is 1. The van der Waals surface area contributed by atoms with E-state index in [0.717, 1.165) is 24.8 Å². The van der Waals surface area contributed by atoms with Gasteiger partial charge in [0.15, 0.2) is 0 Å². The highest BCUT2D eigenvalue weighted by Crippen LogP contribution is 2.68. The average Bonchev–Trinajstić information content (AvgIpc) is 3.53. The van der Waals surface area contributed by atoms with Gasteiger partial charge in [-0.15, -0.1) is 24.9 Å². The van der Waals surface area contributed by atoms with Crippen LogP contribution in [0.3, 0.4) is 0 Å². The fourth-order valence-electron chi connectivity index (χ4n) is 6.49. The Morgan fingerprint density at radius 3 is 2.67 bits per heavy atom. The second-order valence-electron chi connectivity index (χ2n) is 10.5. The topological polar surface area (TPSA) is 87.2 Å². The molecule has 0 aliphatic carbocycles. The highest BCUT2D eigenvalue weighted by Gasteiger charge is 2.76. The minimum atomic E-state index is -0.824. The molecule has 4 rings (SSSR count). The van der Waals surface area contributed by atoms with Crippen LogP contribution in [-0.2, 0) is 19.1 Å². The summed E-state index contributed by atoms with van der Waals surface area (Å²) in [5.41, 5.74) is 0.754. The maximum absolute atomic E-state index is 14.5. The number of nitrogens with zero attached hydrogens (tertiary/aromatic N) is 2. The van der Waals surface area contributed by atoms with E-state index in [-0.39, 0.29) is 35.1 Å². The summed E-state index contributed by atoms with van der Waals surface area (Å²) in [5, 5.41) is 10.4. The fraction of sp³-hybridized carbons (Fsp3) is 0.567. The lowest BCUT2D eigenvalue weighted by atomic mass is 9.71. The maximum atomic E-state index is 14.5. The Morgan fingerprint density at radius 2 is 2.03 bits per heavy atom. The van der Waals surface area contributed by atoms with E-state index in [1.807, 2.05) is 30.3 Å². The van der Waals surface area contributed by atoms with Gasteiger partial charge in [0.1, 0.15) is 6.04 Å². The molecule has 1 aromatic rings. The molecule has 212 valence electrons. The monoisotopic (exact) mass is 618 g/mol. The van der Waals surface area contributed by atoms with Crippen LogP contribution in [0.5, 0.6) is 0 Å². The van der Waals surface area contributed by atoms with Crippen molar-refractivity contribution < 1.29 is 24.2 Å². The minimum absolute atomic E-state index is 0.0454. The van der Waals surface area contributed by atoms with E-state index in [1.165, 1.54) is 0 Å². The summed E-state index contributed by atoms with van der Waals surface area (Å²) >= 11 is 5.37. The first-order valence-corrected chi connectivity index (χ1v) is 15.6. The summed E-state index contributed by atoms with van der Waals surface area (Å²) in [6, 6.07) is 7.79. The number of aliphatic hydroxyl groups excluding tert-OH is 1. The van der Waals surface area contributed by atoms with Crippen LogP contribution in [0, 0.1) is 11.8 Å². The Hall–Kier alpha value is -2.10. The van der Waals surface area contributed by atoms with E-state index < -0.39 is 34.6 Å². The van der Waals surface area contributed by atoms with E-state index in [2.05, 4.69) is 36.0 Å². The van der Waals surface area contributed by atoms with Crippen LogP contribution in [0.4, 0.5) is 0 Å². The van der Waals surface area contributed by atoms with Crippen molar-refractivity contribution in [2.24, 2.45) is 11.8 Å². The molecule has 0 radical (unpaired) electrons. The maximum Gasteiger partial charge on any atom is 0.310 e. The van der Waals surface area contributed by atoms with Crippen molar-refractivity contribution in [2.75, 3.05) is 26.3 Å². The van der Waals surface area contributed by atoms with Crippen LogP contribution in [-0.4, -0.2) is 79.9 Å². The summed E-state index contributed by atoms with van der Waals surface area (Å²) in [6.07, 6.45) is 7.37. The predicted octanol–water partition coefficient (Wildman–Crippen LogP) is 4.51. The lowest BCUT2D eigenvalue weighted by molar-refractivity contribution is -0.154. The fourth-order valence-corrected chi connectivity index (χ4v) is 10.1. The van der Waals surface area contributed by atoms with Crippen LogP contribution in [0.25, 0.3) is 0 Å². The zero-order valence-corrected chi connectivity index (χ0v) is 24.9. The van der Waals surface area contributed by atoms with Crippen molar-refractivity contribution in [3.05, 3.63) is 61.2 Å². The molecule has 3 heterocycles. The molecule has 7 nitrogen and oxygen atoms in total. The standard InChI is InChI=1S/C30H39BrN2O5S/c1-4-7-12-16-32(15-6-3)28(36)26-30-18-21(31)25(39-30)23(29(37)38-17-8-5-2)24(30)27(35)33(26)22(19-34)20-13-10-9-11-14-20/h5-6,9-11,13-14,21-26,34H,2-4,7-8,12,15-19H2,1H3/t21?,22-,23-,24+,25-,26?,30?/m1/s1. The molecule has 3 aliphatic rings. The molecule has 1 spiro atoms. The number of fused-ring (bicyclic) bond motifs is 1. The van der Waals surface area contributed by atoms with Gasteiger partial charge >= 0.3 is 5.97 Å². The molecular weight excluding hydrogens is 580 g/mol. The first-order valence-electron chi connectivity index (χ1n) is 13.8. The van der Waals surface area contributed by atoms with E-state index in [4.69, 9.17) is 4.74 Å². The second-order valence-corrected chi connectivity index (χ2v) is 13.3. The molecule has 7 atom stereocenters. The summed E-state index contributed by atoms with van der Waals surface area (Å²) in [4.78, 5) is 45.7.